The van der Waals surface area contributed by atoms with Gasteiger partial charge in [0.2, 0.25) is 0 Å². The maximum Gasteiger partial charge on any atom is 0.0587 e. The molecule has 1 aromatic rings. The molecule has 0 atom stereocenters. The summed E-state index contributed by atoms with van der Waals surface area (Å²) in [6.45, 7) is 10.4. The third kappa shape index (κ3) is 4.96. The van der Waals surface area contributed by atoms with E-state index in [2.05, 4.69) is 37.4 Å². The number of nitrogens with one attached hydrogen (secondary N) is 1. The van der Waals surface area contributed by atoms with Gasteiger partial charge in [0, 0.05) is 32.9 Å². The number of nitrogens with zero attached hydrogens (tertiary/aromatic N) is 2. The Balaban J connectivity index is 2.58. The molecule has 1 N–H and O–H groups in total. The van der Waals surface area contributed by atoms with Gasteiger partial charge in [0.05, 0.1) is 12.8 Å². The lowest BCUT2D eigenvalue weighted by Gasteiger charge is -2.32. The Bertz CT molecular complexity index is 345. The second-order valence-electron chi connectivity index (χ2n) is 5.26. The molecule has 4 nitrogen and oxygen atoms in total. The van der Waals surface area contributed by atoms with Crippen molar-refractivity contribution in [3.05, 3.63) is 18.0 Å². The standard InChI is InChI=1S/C15H29N3O/c1-5-15(6-2,13-16-8-9-19-4)10-14-11-17-18(7-3)12-14/h11-12,16H,5-10,13H2,1-4H3. The molecule has 0 aliphatic carbocycles. The molecule has 0 aliphatic heterocycles. The number of aryl methyl sites for hydroxylation is 1. The summed E-state index contributed by atoms with van der Waals surface area (Å²) in [5.74, 6) is 0. The van der Waals surface area contributed by atoms with E-state index in [1.165, 1.54) is 18.4 Å². The number of methoxy groups -OCH3 is 1. The van der Waals surface area contributed by atoms with Crippen molar-refractivity contribution in [2.45, 2.75) is 46.6 Å². The van der Waals surface area contributed by atoms with Crippen LogP contribution in [0.1, 0.15) is 39.2 Å². The van der Waals surface area contributed by atoms with Crippen molar-refractivity contribution in [1.82, 2.24) is 15.1 Å². The zero-order valence-electron chi connectivity index (χ0n) is 12.9. The molecule has 19 heavy (non-hydrogen) atoms. The van der Waals surface area contributed by atoms with Crippen LogP contribution in [0.2, 0.25) is 0 Å². The van der Waals surface area contributed by atoms with Crippen molar-refractivity contribution in [2.24, 2.45) is 5.41 Å². The molecule has 110 valence electrons. The second kappa shape index (κ2) is 8.33. The smallest absolute Gasteiger partial charge is 0.0587 e. The van der Waals surface area contributed by atoms with Gasteiger partial charge >= 0.3 is 0 Å². The topological polar surface area (TPSA) is 39.1 Å². The van der Waals surface area contributed by atoms with Gasteiger partial charge in [-0.2, -0.15) is 5.10 Å². The molecule has 1 aromatic heterocycles. The molecule has 0 unspecified atom stereocenters. The number of rotatable bonds is 10. The highest BCUT2D eigenvalue weighted by molar-refractivity contribution is 5.08. The second-order valence-corrected chi connectivity index (χ2v) is 5.26. The number of hydrogen-bond donors (Lipinski definition) is 1. The van der Waals surface area contributed by atoms with Gasteiger partial charge in [0.15, 0.2) is 0 Å². The summed E-state index contributed by atoms with van der Waals surface area (Å²) in [7, 11) is 1.74. The molecular formula is C15H29N3O. The van der Waals surface area contributed by atoms with E-state index in [0.717, 1.165) is 32.7 Å². The first-order chi connectivity index (χ1) is 9.19. The van der Waals surface area contributed by atoms with Crippen molar-refractivity contribution < 1.29 is 4.74 Å². The van der Waals surface area contributed by atoms with Crippen LogP contribution >= 0.6 is 0 Å². The molecule has 1 rings (SSSR count). The van der Waals surface area contributed by atoms with Crippen LogP contribution in [0.5, 0.6) is 0 Å². The Morgan fingerprint density at radius 3 is 2.58 bits per heavy atom. The van der Waals surface area contributed by atoms with Crippen molar-refractivity contribution in [3.63, 3.8) is 0 Å². The van der Waals surface area contributed by atoms with E-state index in [1.54, 1.807) is 7.11 Å². The van der Waals surface area contributed by atoms with Crippen LogP contribution in [0, 0.1) is 5.41 Å². The Hall–Kier alpha value is -0.870. The fraction of sp³-hybridized carbons (Fsp3) is 0.800. The average molecular weight is 267 g/mol. The van der Waals surface area contributed by atoms with Crippen molar-refractivity contribution >= 4 is 0 Å². The maximum absolute atomic E-state index is 5.08. The van der Waals surface area contributed by atoms with Gasteiger partial charge in [0.1, 0.15) is 0 Å². The highest BCUT2D eigenvalue weighted by Gasteiger charge is 2.26. The zero-order chi connectivity index (χ0) is 14.1. The molecule has 0 radical (unpaired) electrons. The van der Waals surface area contributed by atoms with Crippen LogP contribution < -0.4 is 5.32 Å². The summed E-state index contributed by atoms with van der Waals surface area (Å²) in [5.41, 5.74) is 1.68. The lowest BCUT2D eigenvalue weighted by Crippen LogP contribution is -2.36. The first-order valence-corrected chi connectivity index (χ1v) is 7.40. The molecule has 0 saturated heterocycles. The first kappa shape index (κ1) is 16.2. The van der Waals surface area contributed by atoms with E-state index in [-0.39, 0.29) is 0 Å². The van der Waals surface area contributed by atoms with Gasteiger partial charge in [-0.3, -0.25) is 4.68 Å². The van der Waals surface area contributed by atoms with Crippen molar-refractivity contribution in [3.8, 4) is 0 Å². The molecular weight excluding hydrogens is 238 g/mol. The highest BCUT2D eigenvalue weighted by atomic mass is 16.5. The van der Waals surface area contributed by atoms with Gasteiger partial charge in [-0.05, 0) is 37.2 Å². The van der Waals surface area contributed by atoms with Gasteiger partial charge in [-0.25, -0.2) is 0 Å². The number of aromatic nitrogens is 2. The van der Waals surface area contributed by atoms with Crippen LogP contribution in [-0.2, 0) is 17.7 Å². The molecule has 1 heterocycles. The van der Waals surface area contributed by atoms with E-state index in [4.69, 9.17) is 4.74 Å². The third-order valence-electron chi connectivity index (χ3n) is 4.07. The van der Waals surface area contributed by atoms with Crippen LogP contribution in [0.4, 0.5) is 0 Å². The molecule has 0 amide bonds. The van der Waals surface area contributed by atoms with Crippen LogP contribution in [0.25, 0.3) is 0 Å². The van der Waals surface area contributed by atoms with E-state index < -0.39 is 0 Å². The predicted octanol–water partition coefficient (Wildman–Crippen LogP) is 2.49. The van der Waals surface area contributed by atoms with Gasteiger partial charge < -0.3 is 10.1 Å². The Kier molecular flexibility index (Phi) is 7.10. The highest BCUT2D eigenvalue weighted by Crippen LogP contribution is 2.30. The summed E-state index contributed by atoms with van der Waals surface area (Å²) in [6, 6.07) is 0. The van der Waals surface area contributed by atoms with Crippen LogP contribution in [0.15, 0.2) is 12.4 Å². The monoisotopic (exact) mass is 267 g/mol. The number of ether oxygens (including phenoxy) is 1. The molecule has 0 bridgehead atoms. The summed E-state index contributed by atoms with van der Waals surface area (Å²) >= 11 is 0. The van der Waals surface area contributed by atoms with E-state index >= 15 is 0 Å². The first-order valence-electron chi connectivity index (χ1n) is 7.40. The normalized spacial score (nSPS) is 12.0. The van der Waals surface area contributed by atoms with E-state index in [0.29, 0.717) is 5.41 Å². The largest absolute Gasteiger partial charge is 0.383 e. The molecule has 0 saturated carbocycles. The summed E-state index contributed by atoms with van der Waals surface area (Å²) in [6.07, 6.45) is 7.65. The molecule has 4 heteroatoms. The lowest BCUT2D eigenvalue weighted by atomic mass is 9.77. The molecule has 0 aromatic carbocycles. The van der Waals surface area contributed by atoms with Crippen molar-refractivity contribution in [2.75, 3.05) is 26.8 Å². The van der Waals surface area contributed by atoms with Gasteiger partial charge in [-0.15, -0.1) is 0 Å². The predicted molar refractivity (Wildman–Crippen MR) is 79.4 cm³/mol. The van der Waals surface area contributed by atoms with E-state index in [1.807, 2.05) is 10.9 Å². The average Bonchev–Trinajstić information content (AvgIpc) is 2.90. The zero-order valence-corrected chi connectivity index (χ0v) is 12.9. The maximum atomic E-state index is 5.08. The summed E-state index contributed by atoms with van der Waals surface area (Å²) < 4.78 is 7.09. The lowest BCUT2D eigenvalue weighted by molar-refractivity contribution is 0.185. The van der Waals surface area contributed by atoms with E-state index in [9.17, 15) is 0 Å². The molecule has 0 fully saturated rings. The summed E-state index contributed by atoms with van der Waals surface area (Å²) in [5, 5.41) is 7.89. The number of hydrogen-bond acceptors (Lipinski definition) is 3. The Morgan fingerprint density at radius 2 is 2.05 bits per heavy atom. The molecule has 0 aliphatic rings. The van der Waals surface area contributed by atoms with Crippen LogP contribution in [0.3, 0.4) is 0 Å². The molecule has 0 spiro atoms. The third-order valence-corrected chi connectivity index (χ3v) is 4.07. The SMILES string of the molecule is CCn1cc(CC(CC)(CC)CNCCOC)cn1. The summed E-state index contributed by atoms with van der Waals surface area (Å²) in [4.78, 5) is 0. The minimum absolute atomic E-state index is 0.329. The quantitative estimate of drug-likeness (QED) is 0.662. The minimum atomic E-state index is 0.329. The minimum Gasteiger partial charge on any atom is -0.383 e. The van der Waals surface area contributed by atoms with Crippen LogP contribution in [-0.4, -0.2) is 36.6 Å². The Labute approximate surface area is 117 Å². The van der Waals surface area contributed by atoms with Gasteiger partial charge in [-0.1, -0.05) is 13.8 Å². The Morgan fingerprint density at radius 1 is 1.32 bits per heavy atom. The van der Waals surface area contributed by atoms with Crippen molar-refractivity contribution in [1.29, 1.82) is 0 Å². The fourth-order valence-electron chi connectivity index (χ4n) is 2.44. The fourth-order valence-corrected chi connectivity index (χ4v) is 2.44. The van der Waals surface area contributed by atoms with Gasteiger partial charge in [0.25, 0.3) is 0 Å².